The number of nitrogens with zero attached hydrogens (tertiary/aromatic N) is 4. The van der Waals surface area contributed by atoms with Crippen molar-refractivity contribution in [1.82, 2.24) is 20.2 Å². The molecule has 2 atom stereocenters. The maximum absolute atomic E-state index is 13.4. The second-order valence-corrected chi connectivity index (χ2v) is 12.1. The molecular weight excluding hydrogens is 461 g/mol. The molecule has 2 aliphatic rings. The Morgan fingerprint density at radius 3 is 2.14 bits per heavy atom. The molecule has 36 heavy (non-hydrogen) atoms. The predicted octanol–water partition coefficient (Wildman–Crippen LogP) is 2.36. The van der Waals surface area contributed by atoms with Crippen molar-refractivity contribution in [3.63, 3.8) is 0 Å². The molecule has 10 nitrogen and oxygen atoms in total. The van der Waals surface area contributed by atoms with Gasteiger partial charge in [0.15, 0.2) is 0 Å². The molecule has 2 amide bonds. The van der Waals surface area contributed by atoms with Gasteiger partial charge in [0, 0.05) is 43.5 Å². The maximum atomic E-state index is 13.4. The number of hydrogen-bond acceptors (Lipinski definition) is 8. The van der Waals surface area contributed by atoms with Crippen molar-refractivity contribution >= 4 is 30.5 Å². The largest absolute Gasteiger partial charge is 0.498 e. The van der Waals surface area contributed by atoms with Crippen LogP contribution in [0, 0.1) is 5.92 Å². The third-order valence-electron chi connectivity index (χ3n) is 6.98. The number of anilines is 1. The Bertz CT molecular complexity index is 931. The van der Waals surface area contributed by atoms with Crippen LogP contribution in [0.4, 0.5) is 10.7 Å². The molecule has 2 saturated heterocycles. The summed E-state index contributed by atoms with van der Waals surface area (Å²) in [5.74, 6) is 0.405. The molecule has 1 aromatic rings. The van der Waals surface area contributed by atoms with Crippen LogP contribution in [0.2, 0.25) is 0 Å². The third-order valence-corrected chi connectivity index (χ3v) is 6.98. The van der Waals surface area contributed by atoms with Gasteiger partial charge in [-0.3, -0.25) is 4.79 Å². The Hall–Kier alpha value is -2.40. The lowest BCUT2D eigenvalue weighted by Crippen LogP contribution is -2.60. The van der Waals surface area contributed by atoms with E-state index in [2.05, 4.69) is 20.2 Å². The fraction of sp³-hybridized carbons (Fsp3) is 0.760. The lowest BCUT2D eigenvalue weighted by atomic mass is 9.81. The van der Waals surface area contributed by atoms with Crippen LogP contribution in [0.1, 0.15) is 69.2 Å². The minimum atomic E-state index is -0.663. The summed E-state index contributed by atoms with van der Waals surface area (Å²) in [5, 5.41) is 2.76. The molecule has 1 aromatic heterocycles. The summed E-state index contributed by atoms with van der Waals surface area (Å²) in [6, 6.07) is -0.747. The van der Waals surface area contributed by atoms with Gasteiger partial charge in [0.05, 0.1) is 11.2 Å². The van der Waals surface area contributed by atoms with Crippen LogP contribution in [0.25, 0.3) is 0 Å². The van der Waals surface area contributed by atoms with Crippen LogP contribution in [-0.4, -0.2) is 82.5 Å². The van der Waals surface area contributed by atoms with Gasteiger partial charge in [-0.15, -0.1) is 0 Å². The molecule has 11 heteroatoms. The topological polar surface area (TPSA) is 106 Å². The Morgan fingerprint density at radius 2 is 1.67 bits per heavy atom. The Morgan fingerprint density at radius 1 is 1.11 bits per heavy atom. The zero-order valence-corrected chi connectivity index (χ0v) is 23.4. The molecule has 2 aliphatic heterocycles. The first-order chi connectivity index (χ1) is 16.5. The fourth-order valence-electron chi connectivity index (χ4n) is 4.19. The number of ether oxygens (including phenoxy) is 1. The number of nitrogens with one attached hydrogen (secondary N) is 1. The van der Waals surface area contributed by atoms with Gasteiger partial charge in [-0.05, 0) is 61.3 Å². The smallest absolute Gasteiger partial charge is 0.444 e. The summed E-state index contributed by atoms with van der Waals surface area (Å²) < 4.78 is 17.5. The van der Waals surface area contributed by atoms with Gasteiger partial charge in [-0.1, -0.05) is 13.8 Å². The third kappa shape index (κ3) is 6.29. The van der Waals surface area contributed by atoms with E-state index >= 15 is 0 Å². The molecule has 2 fully saturated rings. The summed E-state index contributed by atoms with van der Waals surface area (Å²) in [6.45, 7) is 20.9. The van der Waals surface area contributed by atoms with E-state index in [1.165, 1.54) is 0 Å². The average Bonchev–Trinajstić information content (AvgIpc) is 2.97. The van der Waals surface area contributed by atoms with E-state index in [4.69, 9.17) is 14.0 Å². The zero-order chi connectivity index (χ0) is 27.1. The van der Waals surface area contributed by atoms with Crippen LogP contribution < -0.4 is 15.7 Å². The van der Waals surface area contributed by atoms with Crippen LogP contribution in [0.15, 0.2) is 12.4 Å². The van der Waals surface area contributed by atoms with Crippen molar-refractivity contribution in [3.8, 4) is 0 Å². The lowest BCUT2D eigenvalue weighted by molar-refractivity contribution is -0.137. The SMILES string of the molecule is CC(C)[C@H](NC(=O)OC(C)(C)C)C(=O)N1CCN(c2ncc(B3OC(C)(C)C(C)(C)O3)cn2)C[C@@H]1C. The molecule has 0 unspecified atom stereocenters. The van der Waals surface area contributed by atoms with Gasteiger partial charge >= 0.3 is 13.2 Å². The van der Waals surface area contributed by atoms with Crippen molar-refractivity contribution in [2.45, 2.75) is 98.1 Å². The normalized spacial score (nSPS) is 22.5. The minimum absolute atomic E-state index is 0.0823. The number of rotatable bonds is 5. The van der Waals surface area contributed by atoms with E-state index < -0.39 is 36.1 Å². The Labute approximate surface area is 215 Å². The van der Waals surface area contributed by atoms with Crippen molar-refractivity contribution in [2.24, 2.45) is 5.92 Å². The Balaban J connectivity index is 1.62. The highest BCUT2D eigenvalue weighted by Crippen LogP contribution is 2.36. The van der Waals surface area contributed by atoms with Gasteiger partial charge in [-0.25, -0.2) is 14.8 Å². The number of carbonyl (C=O) groups excluding carboxylic acids is 2. The minimum Gasteiger partial charge on any atom is -0.444 e. The summed E-state index contributed by atoms with van der Waals surface area (Å²) in [4.78, 5) is 38.7. The van der Waals surface area contributed by atoms with E-state index in [9.17, 15) is 9.59 Å². The highest BCUT2D eigenvalue weighted by Gasteiger charge is 2.52. The molecule has 0 spiro atoms. The molecule has 1 N–H and O–H groups in total. The average molecular weight is 503 g/mol. The fourth-order valence-corrected chi connectivity index (χ4v) is 4.19. The number of aromatic nitrogens is 2. The highest BCUT2D eigenvalue weighted by atomic mass is 16.7. The summed E-state index contributed by atoms with van der Waals surface area (Å²) in [7, 11) is -0.511. The monoisotopic (exact) mass is 503 g/mol. The van der Waals surface area contributed by atoms with Crippen LogP contribution in [0.5, 0.6) is 0 Å². The number of alkyl carbamates (subject to hydrolysis) is 1. The van der Waals surface area contributed by atoms with Crippen molar-refractivity contribution in [2.75, 3.05) is 24.5 Å². The van der Waals surface area contributed by atoms with Gasteiger partial charge in [0.1, 0.15) is 11.6 Å². The lowest BCUT2D eigenvalue weighted by Gasteiger charge is -2.41. The number of hydrogen-bond donors (Lipinski definition) is 1. The number of piperazine rings is 1. The maximum Gasteiger partial charge on any atom is 0.498 e. The second kappa shape index (κ2) is 10.2. The number of amides is 2. The second-order valence-electron chi connectivity index (χ2n) is 12.1. The summed E-state index contributed by atoms with van der Waals surface area (Å²) in [5.41, 5.74) is -0.722. The van der Waals surface area contributed by atoms with Crippen LogP contribution >= 0.6 is 0 Å². The first-order valence-corrected chi connectivity index (χ1v) is 12.7. The van der Waals surface area contributed by atoms with E-state index in [1.807, 2.05) is 53.4 Å². The number of carbonyl (C=O) groups is 2. The van der Waals surface area contributed by atoms with Gasteiger partial charge in [-0.2, -0.15) is 0 Å². The summed E-state index contributed by atoms with van der Waals surface area (Å²) >= 11 is 0. The van der Waals surface area contributed by atoms with Crippen LogP contribution in [-0.2, 0) is 18.8 Å². The molecule has 0 radical (unpaired) electrons. The van der Waals surface area contributed by atoms with Crippen molar-refractivity contribution in [3.05, 3.63) is 12.4 Å². The quantitative estimate of drug-likeness (QED) is 0.611. The van der Waals surface area contributed by atoms with E-state index in [-0.39, 0.29) is 17.9 Å². The first-order valence-electron chi connectivity index (χ1n) is 12.7. The van der Waals surface area contributed by atoms with E-state index in [0.717, 1.165) is 5.46 Å². The zero-order valence-electron chi connectivity index (χ0n) is 23.4. The van der Waals surface area contributed by atoms with E-state index in [0.29, 0.717) is 25.6 Å². The van der Waals surface area contributed by atoms with Crippen LogP contribution in [0.3, 0.4) is 0 Å². The van der Waals surface area contributed by atoms with E-state index in [1.54, 1.807) is 33.2 Å². The van der Waals surface area contributed by atoms with Gasteiger partial charge in [0.25, 0.3) is 0 Å². The highest BCUT2D eigenvalue weighted by molar-refractivity contribution is 6.61. The standard InChI is InChI=1S/C25H42BN5O5/c1-16(2)19(29-22(33)34-23(4,5)6)20(32)31-12-11-30(15-17(31)3)21-27-13-18(14-28-21)26-35-24(7,8)25(9,10)36-26/h13-14,16-17,19H,11-12,15H2,1-10H3,(H,29,33)/t17-,19-/m0/s1. The molecule has 0 aliphatic carbocycles. The van der Waals surface area contributed by atoms with Crippen molar-refractivity contribution in [1.29, 1.82) is 0 Å². The van der Waals surface area contributed by atoms with Gasteiger partial charge < -0.3 is 29.2 Å². The first kappa shape index (κ1) is 28.2. The van der Waals surface area contributed by atoms with Crippen molar-refractivity contribution < 1.29 is 23.6 Å². The molecule has 0 saturated carbocycles. The summed E-state index contributed by atoms with van der Waals surface area (Å²) in [6.07, 6.45) is 2.90. The predicted molar refractivity (Wildman–Crippen MR) is 139 cm³/mol. The molecular formula is C25H42BN5O5. The molecule has 200 valence electrons. The molecule has 0 bridgehead atoms. The Kier molecular flexibility index (Phi) is 7.96. The molecule has 3 heterocycles. The van der Waals surface area contributed by atoms with Gasteiger partial charge in [0.2, 0.25) is 11.9 Å². The molecule has 3 rings (SSSR count). The molecule has 0 aromatic carbocycles.